The fourth-order valence-electron chi connectivity index (χ4n) is 1.68. The maximum Gasteiger partial charge on any atom is 0.0705 e. The predicted molar refractivity (Wildman–Crippen MR) is 87.8 cm³/mol. The van der Waals surface area contributed by atoms with Gasteiger partial charge in [0.2, 0.25) is 0 Å². The molecule has 2 aromatic rings. The Morgan fingerprint density at radius 2 is 1.85 bits per heavy atom. The Kier molecular flexibility index (Phi) is 6.54. The van der Waals surface area contributed by atoms with Crippen LogP contribution in [0.1, 0.15) is 32.0 Å². The van der Waals surface area contributed by atoms with E-state index in [2.05, 4.69) is 26.6 Å². The fraction of sp³-hybridized carbons (Fsp3) is 0.438. The molecule has 0 aliphatic carbocycles. The van der Waals surface area contributed by atoms with Crippen LogP contribution in [0, 0.1) is 6.92 Å². The quantitative estimate of drug-likeness (QED) is 0.878. The van der Waals surface area contributed by atoms with Crippen LogP contribution >= 0.6 is 9.47 Å². The van der Waals surface area contributed by atoms with Crippen molar-refractivity contribution in [2.45, 2.75) is 39.7 Å². The first-order chi connectivity index (χ1) is 9.31. The average Bonchev–Trinajstić information content (AvgIpc) is 2.34. The van der Waals surface area contributed by atoms with Crippen LogP contribution in [-0.4, -0.2) is 22.3 Å². The molecule has 0 saturated carbocycles. The molecular formula is C16H24NO2P. The van der Waals surface area contributed by atoms with Crippen LogP contribution in [0.4, 0.5) is 0 Å². The number of aryl methyl sites for hydroxylation is 1. The van der Waals surface area contributed by atoms with Crippen molar-refractivity contribution in [3.05, 3.63) is 41.6 Å². The summed E-state index contributed by atoms with van der Waals surface area (Å²) >= 11 is 0. The molecule has 0 spiro atoms. The van der Waals surface area contributed by atoms with Gasteiger partial charge in [-0.05, 0) is 51.8 Å². The smallest absolute Gasteiger partial charge is 0.0705 e. The van der Waals surface area contributed by atoms with E-state index >= 15 is 0 Å². The Balaban J connectivity index is 0.000000347. The highest BCUT2D eigenvalue weighted by Crippen LogP contribution is 2.16. The maximum absolute atomic E-state index is 8.52. The molecule has 1 unspecified atom stereocenters. The molecule has 0 bridgehead atoms. The van der Waals surface area contributed by atoms with Gasteiger partial charge in [0.15, 0.2) is 0 Å². The number of fused-ring (bicyclic) bond motifs is 1. The minimum Gasteiger partial charge on any atom is -0.391 e. The summed E-state index contributed by atoms with van der Waals surface area (Å²) in [7, 11) is 2.27. The van der Waals surface area contributed by atoms with Crippen LogP contribution in [0.3, 0.4) is 0 Å². The predicted octanol–water partition coefficient (Wildman–Crippen LogP) is 3.67. The van der Waals surface area contributed by atoms with E-state index in [0.717, 1.165) is 17.6 Å². The number of para-hydroxylation sites is 1. The van der Waals surface area contributed by atoms with Crippen LogP contribution in [0.5, 0.6) is 0 Å². The van der Waals surface area contributed by atoms with Gasteiger partial charge in [-0.2, -0.15) is 0 Å². The molecule has 1 N–H and O–H groups in total. The lowest BCUT2D eigenvalue weighted by atomic mass is 10.1. The topological polar surface area (TPSA) is 42.4 Å². The van der Waals surface area contributed by atoms with E-state index in [0.29, 0.717) is 6.61 Å². The third-order valence-corrected chi connectivity index (χ3v) is 2.74. The number of benzene rings is 1. The van der Waals surface area contributed by atoms with E-state index in [1.165, 1.54) is 10.9 Å². The summed E-state index contributed by atoms with van der Waals surface area (Å²) in [5.74, 6) is 0. The number of rotatable bonds is 3. The van der Waals surface area contributed by atoms with Crippen molar-refractivity contribution in [3.8, 4) is 0 Å². The highest BCUT2D eigenvalue weighted by atomic mass is 31.0. The number of aliphatic hydroxyl groups is 1. The van der Waals surface area contributed by atoms with Crippen LogP contribution in [0.15, 0.2) is 30.3 Å². The maximum atomic E-state index is 8.52. The van der Waals surface area contributed by atoms with E-state index in [4.69, 9.17) is 9.63 Å². The zero-order valence-corrected chi connectivity index (χ0v) is 13.8. The van der Waals surface area contributed by atoms with E-state index < -0.39 is 5.60 Å². The van der Waals surface area contributed by atoms with Crippen LogP contribution in [-0.2, 0) is 10.9 Å². The van der Waals surface area contributed by atoms with E-state index in [1.54, 1.807) is 20.8 Å². The summed E-state index contributed by atoms with van der Waals surface area (Å²) in [4.78, 5) is 4.57. The van der Waals surface area contributed by atoms with Crippen molar-refractivity contribution in [2.75, 3.05) is 6.61 Å². The first-order valence-electron chi connectivity index (χ1n) is 6.70. The Hall–Kier alpha value is -1.02. The van der Waals surface area contributed by atoms with Crippen molar-refractivity contribution in [2.24, 2.45) is 0 Å². The molecular weight excluding hydrogens is 269 g/mol. The van der Waals surface area contributed by atoms with Gasteiger partial charge in [0.25, 0.3) is 0 Å². The lowest BCUT2D eigenvalue weighted by Gasteiger charge is -2.06. The monoisotopic (exact) mass is 293 g/mol. The number of hydrogen-bond acceptors (Lipinski definition) is 3. The largest absolute Gasteiger partial charge is 0.391 e. The van der Waals surface area contributed by atoms with Crippen LogP contribution < -0.4 is 0 Å². The Morgan fingerprint density at radius 1 is 1.25 bits per heavy atom. The summed E-state index contributed by atoms with van der Waals surface area (Å²) in [6, 6.07) is 10.4. The number of aromatic nitrogens is 1. The standard InChI is InChI=1S/C12H14NOP.C4H10O/c1-9-10(6-7-14-15)8-11-4-2-3-5-12(11)13-9;1-4(2,3)5/h2-5,8H,6-7,15H2,1H3;5H,1-3H3. The second kappa shape index (κ2) is 7.68. The fourth-order valence-corrected chi connectivity index (χ4v) is 1.80. The van der Waals surface area contributed by atoms with Crippen LogP contribution in [0.25, 0.3) is 10.9 Å². The van der Waals surface area contributed by atoms with Gasteiger partial charge in [-0.25, -0.2) is 0 Å². The van der Waals surface area contributed by atoms with Crippen molar-refractivity contribution in [1.29, 1.82) is 0 Å². The highest BCUT2D eigenvalue weighted by molar-refractivity contribution is 7.09. The van der Waals surface area contributed by atoms with Crippen molar-refractivity contribution < 1.29 is 9.63 Å². The molecule has 1 heterocycles. The van der Waals surface area contributed by atoms with E-state index in [1.807, 2.05) is 25.1 Å². The summed E-state index contributed by atoms with van der Waals surface area (Å²) < 4.78 is 5.00. The van der Waals surface area contributed by atoms with Gasteiger partial charge in [-0.15, -0.1) is 0 Å². The van der Waals surface area contributed by atoms with Gasteiger partial charge in [0.1, 0.15) is 0 Å². The molecule has 1 atom stereocenters. The summed E-state index contributed by atoms with van der Waals surface area (Å²) in [6.45, 7) is 7.99. The molecule has 0 saturated heterocycles. The first-order valence-corrected chi connectivity index (χ1v) is 7.17. The van der Waals surface area contributed by atoms with Crippen molar-refractivity contribution >= 4 is 20.4 Å². The molecule has 0 fully saturated rings. The van der Waals surface area contributed by atoms with Gasteiger partial charge < -0.3 is 9.63 Å². The Bertz CT molecular complexity index is 544. The first kappa shape index (κ1) is 17.0. The molecule has 3 nitrogen and oxygen atoms in total. The number of nitrogens with zero attached hydrogens (tertiary/aromatic N) is 1. The van der Waals surface area contributed by atoms with Crippen molar-refractivity contribution in [1.82, 2.24) is 4.98 Å². The van der Waals surface area contributed by atoms with E-state index in [9.17, 15) is 0 Å². The molecule has 0 radical (unpaired) electrons. The minimum atomic E-state index is -0.500. The summed E-state index contributed by atoms with van der Waals surface area (Å²) in [5, 5.41) is 9.72. The molecule has 0 aliphatic rings. The van der Waals surface area contributed by atoms with Gasteiger partial charge >= 0.3 is 0 Å². The molecule has 110 valence electrons. The lowest BCUT2D eigenvalue weighted by Crippen LogP contribution is -2.10. The molecule has 0 amide bonds. The molecule has 1 aromatic carbocycles. The second-order valence-electron chi connectivity index (χ2n) is 5.72. The minimum absolute atomic E-state index is 0.500. The lowest BCUT2D eigenvalue weighted by molar-refractivity contribution is 0.102. The Morgan fingerprint density at radius 3 is 2.45 bits per heavy atom. The van der Waals surface area contributed by atoms with Gasteiger partial charge in [0.05, 0.1) is 17.7 Å². The molecule has 2 rings (SSSR count). The van der Waals surface area contributed by atoms with Crippen molar-refractivity contribution in [3.63, 3.8) is 0 Å². The third kappa shape index (κ3) is 6.42. The second-order valence-corrected chi connectivity index (χ2v) is 6.05. The molecule has 0 aliphatic heterocycles. The number of hydrogen-bond donors (Lipinski definition) is 1. The third-order valence-electron chi connectivity index (χ3n) is 2.51. The van der Waals surface area contributed by atoms with Gasteiger partial charge in [0, 0.05) is 20.5 Å². The molecule has 4 heteroatoms. The zero-order valence-electron chi connectivity index (χ0n) is 12.7. The SMILES string of the molecule is CC(C)(C)O.Cc1nc2ccccc2cc1CCOP. The molecule has 20 heavy (non-hydrogen) atoms. The van der Waals surface area contributed by atoms with Crippen LogP contribution in [0.2, 0.25) is 0 Å². The zero-order chi connectivity index (χ0) is 15.2. The number of pyridine rings is 1. The van der Waals surface area contributed by atoms with Gasteiger partial charge in [-0.3, -0.25) is 4.98 Å². The molecule has 1 aromatic heterocycles. The van der Waals surface area contributed by atoms with Gasteiger partial charge in [-0.1, -0.05) is 18.2 Å². The highest BCUT2D eigenvalue weighted by Gasteiger charge is 2.02. The average molecular weight is 293 g/mol. The Labute approximate surface area is 123 Å². The van der Waals surface area contributed by atoms with E-state index in [-0.39, 0.29) is 0 Å². The summed E-state index contributed by atoms with van der Waals surface area (Å²) in [6.07, 6.45) is 0.910. The summed E-state index contributed by atoms with van der Waals surface area (Å²) in [5.41, 5.74) is 2.91. The normalized spacial score (nSPS) is 11.1.